The highest BCUT2D eigenvalue weighted by molar-refractivity contribution is 6.05. The summed E-state index contributed by atoms with van der Waals surface area (Å²) in [7, 11) is 0. The minimum atomic E-state index is -0.493. The number of benzene rings is 1. The Morgan fingerprint density at radius 3 is 2.58 bits per heavy atom. The first-order valence-electron chi connectivity index (χ1n) is 8.05. The number of fused-ring (bicyclic) bond motifs is 3. The summed E-state index contributed by atoms with van der Waals surface area (Å²) in [5.41, 5.74) is 12.3. The molecule has 0 atom stereocenters. The average Bonchev–Trinajstić information content (AvgIpc) is 2.62. The van der Waals surface area contributed by atoms with E-state index in [1.807, 2.05) is 6.07 Å². The first-order valence-corrected chi connectivity index (χ1v) is 8.05. The average molecular weight is 320 g/mol. The Hall–Kier alpha value is -2.82. The molecule has 2 heterocycles. The first-order chi connectivity index (χ1) is 11.7. The Balaban J connectivity index is 2.08. The SMILES string of the molecule is N=Cc1c(N)ccc2nc(-c3ccc(F)nc3)c3c(c12)CCCC3. The van der Waals surface area contributed by atoms with Crippen LogP contribution in [0.2, 0.25) is 0 Å². The van der Waals surface area contributed by atoms with Crippen LogP contribution in [0.25, 0.3) is 22.2 Å². The fraction of sp³-hybridized carbons (Fsp3) is 0.211. The number of nitrogens with zero attached hydrogens (tertiary/aromatic N) is 2. The molecule has 2 aromatic heterocycles. The van der Waals surface area contributed by atoms with Crippen LogP contribution >= 0.6 is 0 Å². The zero-order chi connectivity index (χ0) is 16.7. The molecule has 0 saturated heterocycles. The third kappa shape index (κ3) is 2.24. The maximum Gasteiger partial charge on any atom is 0.212 e. The summed E-state index contributed by atoms with van der Waals surface area (Å²) >= 11 is 0. The number of halogens is 1. The molecule has 24 heavy (non-hydrogen) atoms. The molecule has 1 aromatic carbocycles. The van der Waals surface area contributed by atoms with Crippen LogP contribution in [0, 0.1) is 11.4 Å². The van der Waals surface area contributed by atoms with Gasteiger partial charge in [0.15, 0.2) is 0 Å². The lowest BCUT2D eigenvalue weighted by atomic mass is 9.85. The van der Waals surface area contributed by atoms with Gasteiger partial charge in [-0.1, -0.05) is 0 Å². The quantitative estimate of drug-likeness (QED) is 0.427. The van der Waals surface area contributed by atoms with Gasteiger partial charge in [0, 0.05) is 34.6 Å². The van der Waals surface area contributed by atoms with E-state index >= 15 is 0 Å². The lowest BCUT2D eigenvalue weighted by Crippen LogP contribution is -2.10. The highest BCUT2D eigenvalue weighted by atomic mass is 19.1. The van der Waals surface area contributed by atoms with E-state index in [9.17, 15) is 4.39 Å². The van der Waals surface area contributed by atoms with E-state index in [2.05, 4.69) is 4.98 Å². The predicted octanol–water partition coefficient (Wildman–Crippen LogP) is 3.89. The number of nitrogens with two attached hydrogens (primary N) is 1. The summed E-state index contributed by atoms with van der Waals surface area (Å²) in [6.45, 7) is 0. The van der Waals surface area contributed by atoms with Crippen molar-refractivity contribution in [2.75, 3.05) is 5.73 Å². The van der Waals surface area contributed by atoms with E-state index < -0.39 is 5.95 Å². The fourth-order valence-corrected chi connectivity index (χ4v) is 3.58. The summed E-state index contributed by atoms with van der Waals surface area (Å²) in [5, 5.41) is 8.73. The number of aryl methyl sites for hydroxylation is 1. The molecule has 5 heteroatoms. The monoisotopic (exact) mass is 320 g/mol. The van der Waals surface area contributed by atoms with Gasteiger partial charge in [-0.25, -0.2) is 9.97 Å². The van der Waals surface area contributed by atoms with Crippen molar-refractivity contribution < 1.29 is 4.39 Å². The molecule has 0 radical (unpaired) electrons. The van der Waals surface area contributed by atoms with Crippen molar-refractivity contribution >= 4 is 22.8 Å². The molecule has 0 saturated carbocycles. The Bertz CT molecular complexity index is 948. The first kappa shape index (κ1) is 14.8. The van der Waals surface area contributed by atoms with Crippen molar-refractivity contribution in [1.82, 2.24) is 9.97 Å². The van der Waals surface area contributed by atoms with Crippen molar-refractivity contribution in [3.63, 3.8) is 0 Å². The Morgan fingerprint density at radius 1 is 1.08 bits per heavy atom. The number of rotatable bonds is 2. The summed E-state index contributed by atoms with van der Waals surface area (Å²) in [5.74, 6) is -0.493. The Kier molecular flexibility index (Phi) is 3.49. The molecule has 0 bridgehead atoms. The normalized spacial score (nSPS) is 13.7. The summed E-state index contributed by atoms with van der Waals surface area (Å²) in [4.78, 5) is 8.59. The van der Waals surface area contributed by atoms with Crippen LogP contribution in [-0.2, 0) is 12.8 Å². The van der Waals surface area contributed by atoms with Crippen LogP contribution < -0.4 is 5.73 Å². The molecule has 0 unspecified atom stereocenters. The van der Waals surface area contributed by atoms with Crippen LogP contribution in [-0.4, -0.2) is 16.2 Å². The van der Waals surface area contributed by atoms with Crippen molar-refractivity contribution in [3.8, 4) is 11.3 Å². The van der Waals surface area contributed by atoms with Gasteiger partial charge in [0.25, 0.3) is 0 Å². The number of nitrogens with one attached hydrogen (secondary N) is 1. The maximum atomic E-state index is 13.2. The summed E-state index contributed by atoms with van der Waals surface area (Å²) < 4.78 is 13.2. The number of pyridine rings is 2. The molecule has 1 aliphatic rings. The van der Waals surface area contributed by atoms with Crippen LogP contribution in [0.4, 0.5) is 10.1 Å². The van der Waals surface area contributed by atoms with Crippen LogP contribution in [0.1, 0.15) is 29.5 Å². The van der Waals surface area contributed by atoms with E-state index in [-0.39, 0.29) is 0 Å². The van der Waals surface area contributed by atoms with Gasteiger partial charge < -0.3 is 11.1 Å². The molecule has 3 N–H and O–H groups in total. The standard InChI is InChI=1S/C19H17FN4/c20-17-8-5-11(10-23-17)19-13-4-2-1-3-12(13)18-14(9-21)15(22)6-7-16(18)24-19/h5-10,21H,1-4,22H2. The van der Waals surface area contributed by atoms with Crippen LogP contribution in [0.15, 0.2) is 30.5 Å². The molecule has 1 aliphatic carbocycles. The number of nitrogen functional groups attached to an aromatic ring is 1. The van der Waals surface area contributed by atoms with E-state index in [0.29, 0.717) is 5.69 Å². The number of anilines is 1. The molecule has 0 spiro atoms. The van der Waals surface area contributed by atoms with E-state index in [0.717, 1.165) is 53.4 Å². The molecular weight excluding hydrogens is 303 g/mol. The van der Waals surface area contributed by atoms with E-state index in [1.165, 1.54) is 29.6 Å². The molecule has 4 nitrogen and oxygen atoms in total. The Morgan fingerprint density at radius 2 is 1.88 bits per heavy atom. The minimum Gasteiger partial charge on any atom is -0.398 e. The van der Waals surface area contributed by atoms with Gasteiger partial charge in [-0.15, -0.1) is 0 Å². The van der Waals surface area contributed by atoms with Crippen molar-refractivity contribution in [1.29, 1.82) is 5.41 Å². The molecule has 4 rings (SSSR count). The van der Waals surface area contributed by atoms with E-state index in [1.54, 1.807) is 12.1 Å². The smallest absolute Gasteiger partial charge is 0.212 e. The highest BCUT2D eigenvalue weighted by Gasteiger charge is 2.21. The van der Waals surface area contributed by atoms with Gasteiger partial charge in [-0.2, -0.15) is 4.39 Å². The fourth-order valence-electron chi connectivity index (χ4n) is 3.58. The lowest BCUT2D eigenvalue weighted by Gasteiger charge is -2.22. The summed E-state index contributed by atoms with van der Waals surface area (Å²) in [6, 6.07) is 6.77. The number of hydrogen-bond donors (Lipinski definition) is 2. The lowest BCUT2D eigenvalue weighted by molar-refractivity contribution is 0.584. The van der Waals surface area contributed by atoms with Gasteiger partial charge in [0.2, 0.25) is 5.95 Å². The second-order valence-corrected chi connectivity index (χ2v) is 6.10. The van der Waals surface area contributed by atoms with Crippen molar-refractivity contribution in [2.45, 2.75) is 25.7 Å². The number of hydrogen-bond acceptors (Lipinski definition) is 4. The van der Waals surface area contributed by atoms with Gasteiger partial charge >= 0.3 is 0 Å². The minimum absolute atomic E-state index is 0.493. The Labute approximate surface area is 139 Å². The maximum absolute atomic E-state index is 13.2. The molecule has 3 aromatic rings. The summed E-state index contributed by atoms with van der Waals surface area (Å²) in [6.07, 6.45) is 6.93. The van der Waals surface area contributed by atoms with Crippen LogP contribution in [0.3, 0.4) is 0 Å². The second kappa shape index (κ2) is 5.67. The molecular formula is C19H17FN4. The van der Waals surface area contributed by atoms with Crippen LogP contribution in [0.5, 0.6) is 0 Å². The largest absolute Gasteiger partial charge is 0.398 e. The van der Waals surface area contributed by atoms with Gasteiger partial charge in [0.05, 0.1) is 11.2 Å². The second-order valence-electron chi connectivity index (χ2n) is 6.10. The van der Waals surface area contributed by atoms with Gasteiger partial charge in [0.1, 0.15) is 0 Å². The third-order valence-electron chi connectivity index (χ3n) is 4.69. The molecule has 0 amide bonds. The topological polar surface area (TPSA) is 75.7 Å². The van der Waals surface area contributed by atoms with Gasteiger partial charge in [-0.05, 0) is 61.1 Å². The van der Waals surface area contributed by atoms with Crippen molar-refractivity contribution in [2.24, 2.45) is 0 Å². The van der Waals surface area contributed by atoms with Gasteiger partial charge in [-0.3, -0.25) is 0 Å². The molecule has 0 fully saturated rings. The highest BCUT2D eigenvalue weighted by Crippen LogP contribution is 2.37. The molecule has 120 valence electrons. The third-order valence-corrected chi connectivity index (χ3v) is 4.69. The molecule has 0 aliphatic heterocycles. The van der Waals surface area contributed by atoms with E-state index in [4.69, 9.17) is 16.1 Å². The predicted molar refractivity (Wildman–Crippen MR) is 93.9 cm³/mol. The zero-order valence-electron chi connectivity index (χ0n) is 13.1. The zero-order valence-corrected chi connectivity index (χ0v) is 13.1. The van der Waals surface area contributed by atoms with Crippen molar-refractivity contribution in [3.05, 3.63) is 53.1 Å². The number of aromatic nitrogens is 2.